The van der Waals surface area contributed by atoms with E-state index in [1.54, 1.807) is 6.20 Å². The number of aromatic nitrogens is 3. The van der Waals surface area contributed by atoms with E-state index in [9.17, 15) is 8.78 Å². The maximum absolute atomic E-state index is 13.0. The number of halogens is 2. The van der Waals surface area contributed by atoms with Gasteiger partial charge in [0.05, 0.1) is 18.8 Å². The zero-order valence-corrected chi connectivity index (χ0v) is 10.2. The molecule has 0 aliphatic carbocycles. The lowest BCUT2D eigenvalue weighted by molar-refractivity contribution is 0.268. The van der Waals surface area contributed by atoms with Gasteiger partial charge in [0.15, 0.2) is 11.6 Å². The summed E-state index contributed by atoms with van der Waals surface area (Å²) in [5.41, 5.74) is 1.37. The molecule has 19 heavy (non-hydrogen) atoms. The summed E-state index contributed by atoms with van der Waals surface area (Å²) in [4.78, 5) is 0. The average Bonchev–Trinajstić information content (AvgIpc) is 2.82. The van der Waals surface area contributed by atoms with Crippen molar-refractivity contribution in [3.05, 3.63) is 47.3 Å². The van der Waals surface area contributed by atoms with Crippen LogP contribution < -0.4 is 5.32 Å². The summed E-state index contributed by atoms with van der Waals surface area (Å²) >= 11 is 0. The van der Waals surface area contributed by atoms with Crippen molar-refractivity contribution in [3.63, 3.8) is 0 Å². The van der Waals surface area contributed by atoms with Crippen molar-refractivity contribution in [1.82, 2.24) is 20.3 Å². The topological polar surface area (TPSA) is 63.0 Å². The van der Waals surface area contributed by atoms with Crippen LogP contribution in [0.5, 0.6) is 0 Å². The molecule has 7 heteroatoms. The van der Waals surface area contributed by atoms with Gasteiger partial charge in [-0.3, -0.25) is 0 Å². The summed E-state index contributed by atoms with van der Waals surface area (Å²) in [5.74, 6) is -1.70. The van der Waals surface area contributed by atoms with Crippen molar-refractivity contribution in [1.29, 1.82) is 0 Å². The van der Waals surface area contributed by atoms with Crippen molar-refractivity contribution >= 4 is 0 Å². The van der Waals surface area contributed by atoms with Crippen LogP contribution in [0.3, 0.4) is 0 Å². The van der Waals surface area contributed by atoms with Gasteiger partial charge in [-0.1, -0.05) is 11.3 Å². The van der Waals surface area contributed by atoms with Crippen molar-refractivity contribution in [3.8, 4) is 0 Å². The normalized spacial score (nSPS) is 10.9. The van der Waals surface area contributed by atoms with Gasteiger partial charge in [-0.2, -0.15) is 0 Å². The summed E-state index contributed by atoms with van der Waals surface area (Å²) in [6, 6.07) is 3.78. The fraction of sp³-hybridized carbons (Fsp3) is 0.333. The van der Waals surface area contributed by atoms with Gasteiger partial charge >= 0.3 is 0 Å². The molecule has 0 spiro atoms. The number of hydrogen-bond acceptors (Lipinski definition) is 4. The minimum absolute atomic E-state index is 0.00504. The highest BCUT2D eigenvalue weighted by atomic mass is 19.2. The maximum atomic E-state index is 13.0. The van der Waals surface area contributed by atoms with Gasteiger partial charge in [0.2, 0.25) is 0 Å². The molecule has 1 aromatic heterocycles. The number of nitrogens with zero attached hydrogens (tertiary/aromatic N) is 3. The monoisotopic (exact) mass is 268 g/mol. The highest BCUT2D eigenvalue weighted by molar-refractivity contribution is 5.17. The van der Waals surface area contributed by atoms with E-state index in [2.05, 4.69) is 15.6 Å². The second-order valence-corrected chi connectivity index (χ2v) is 4.05. The fourth-order valence-electron chi connectivity index (χ4n) is 1.62. The number of rotatable bonds is 6. The van der Waals surface area contributed by atoms with Gasteiger partial charge in [-0.15, -0.1) is 5.10 Å². The molecule has 0 amide bonds. The van der Waals surface area contributed by atoms with Gasteiger partial charge in [0.25, 0.3) is 0 Å². The van der Waals surface area contributed by atoms with Crippen LogP contribution in [-0.2, 0) is 19.6 Å². The maximum Gasteiger partial charge on any atom is 0.159 e. The lowest BCUT2D eigenvalue weighted by Crippen LogP contribution is -2.13. The molecule has 2 N–H and O–H groups in total. The van der Waals surface area contributed by atoms with Crippen LogP contribution in [0.1, 0.15) is 11.3 Å². The fourth-order valence-corrected chi connectivity index (χ4v) is 1.62. The lowest BCUT2D eigenvalue weighted by atomic mass is 10.2. The Bertz CT molecular complexity index is 544. The third-order valence-corrected chi connectivity index (χ3v) is 2.53. The third-order valence-electron chi connectivity index (χ3n) is 2.53. The molecule has 1 heterocycles. The Hall–Kier alpha value is -1.86. The molecular formula is C12H14F2N4O. The van der Waals surface area contributed by atoms with Crippen LogP contribution in [-0.4, -0.2) is 26.7 Å². The van der Waals surface area contributed by atoms with E-state index in [1.807, 2.05) is 0 Å². The second-order valence-electron chi connectivity index (χ2n) is 4.05. The van der Waals surface area contributed by atoms with E-state index in [-0.39, 0.29) is 6.61 Å². The smallest absolute Gasteiger partial charge is 0.159 e. The SMILES string of the molecule is OCCn1cc(CNCc2ccc(F)c(F)c2)nn1. The number of benzene rings is 1. The van der Waals surface area contributed by atoms with E-state index < -0.39 is 11.6 Å². The van der Waals surface area contributed by atoms with Crippen molar-refractivity contribution in [2.24, 2.45) is 0 Å². The van der Waals surface area contributed by atoms with Crippen molar-refractivity contribution in [2.45, 2.75) is 19.6 Å². The predicted octanol–water partition coefficient (Wildman–Crippen LogP) is 0.838. The summed E-state index contributed by atoms with van der Waals surface area (Å²) in [7, 11) is 0. The van der Waals surface area contributed by atoms with Gasteiger partial charge in [-0.25, -0.2) is 13.5 Å². The molecule has 102 valence electrons. The molecule has 0 aliphatic rings. The van der Waals surface area contributed by atoms with E-state index in [4.69, 9.17) is 5.11 Å². The van der Waals surface area contributed by atoms with Crippen LogP contribution in [0, 0.1) is 11.6 Å². The molecule has 0 aliphatic heterocycles. The van der Waals surface area contributed by atoms with E-state index in [0.717, 1.165) is 17.8 Å². The summed E-state index contributed by atoms with van der Waals surface area (Å²) in [6.45, 7) is 1.27. The molecule has 2 rings (SSSR count). The van der Waals surface area contributed by atoms with Crippen LogP contribution >= 0.6 is 0 Å². The van der Waals surface area contributed by atoms with Gasteiger partial charge in [0, 0.05) is 19.3 Å². The Balaban J connectivity index is 1.83. The zero-order chi connectivity index (χ0) is 13.7. The van der Waals surface area contributed by atoms with E-state index in [0.29, 0.717) is 25.2 Å². The standard InChI is InChI=1S/C12H14F2N4O/c13-11-2-1-9(5-12(11)14)6-15-7-10-8-18(3-4-19)17-16-10/h1-2,5,8,15,19H,3-4,6-7H2. The Morgan fingerprint density at radius 2 is 2.05 bits per heavy atom. The summed E-state index contributed by atoms with van der Waals surface area (Å²) in [5, 5.41) is 19.5. The number of nitrogens with one attached hydrogen (secondary N) is 1. The van der Waals surface area contributed by atoms with Crippen LogP contribution in [0.25, 0.3) is 0 Å². The van der Waals surface area contributed by atoms with Crippen molar-refractivity contribution < 1.29 is 13.9 Å². The van der Waals surface area contributed by atoms with Crippen molar-refractivity contribution in [2.75, 3.05) is 6.61 Å². The highest BCUT2D eigenvalue weighted by Gasteiger charge is 2.03. The first-order chi connectivity index (χ1) is 9.19. The van der Waals surface area contributed by atoms with E-state index in [1.165, 1.54) is 10.7 Å². The molecule has 0 unspecified atom stereocenters. The zero-order valence-electron chi connectivity index (χ0n) is 10.2. The Morgan fingerprint density at radius 3 is 2.79 bits per heavy atom. The van der Waals surface area contributed by atoms with Crippen LogP contribution in [0.2, 0.25) is 0 Å². The lowest BCUT2D eigenvalue weighted by Gasteiger charge is -2.03. The highest BCUT2D eigenvalue weighted by Crippen LogP contribution is 2.08. The summed E-state index contributed by atoms with van der Waals surface area (Å²) in [6.07, 6.45) is 1.72. The molecule has 0 atom stereocenters. The average molecular weight is 268 g/mol. The predicted molar refractivity (Wildman–Crippen MR) is 64.0 cm³/mol. The quantitative estimate of drug-likeness (QED) is 0.815. The molecule has 2 aromatic rings. The molecular weight excluding hydrogens is 254 g/mol. The molecule has 0 bridgehead atoms. The minimum Gasteiger partial charge on any atom is -0.394 e. The number of hydrogen-bond donors (Lipinski definition) is 2. The van der Waals surface area contributed by atoms with Gasteiger partial charge in [0.1, 0.15) is 0 Å². The van der Waals surface area contributed by atoms with Crippen LogP contribution in [0.4, 0.5) is 8.78 Å². The Labute approximate surface area is 108 Å². The molecule has 0 saturated carbocycles. The minimum atomic E-state index is -0.854. The first kappa shape index (κ1) is 13.6. The Morgan fingerprint density at radius 1 is 1.21 bits per heavy atom. The second kappa shape index (κ2) is 6.35. The van der Waals surface area contributed by atoms with E-state index >= 15 is 0 Å². The summed E-state index contributed by atoms with van der Waals surface area (Å²) < 4.78 is 27.2. The number of aliphatic hydroxyl groups excluding tert-OH is 1. The first-order valence-electron chi connectivity index (χ1n) is 5.83. The first-order valence-corrected chi connectivity index (χ1v) is 5.83. The van der Waals surface area contributed by atoms with Gasteiger partial charge < -0.3 is 10.4 Å². The molecule has 5 nitrogen and oxygen atoms in total. The Kier molecular flexibility index (Phi) is 4.53. The largest absolute Gasteiger partial charge is 0.394 e. The molecule has 1 aromatic carbocycles. The van der Waals surface area contributed by atoms with Crippen LogP contribution in [0.15, 0.2) is 24.4 Å². The number of aliphatic hydroxyl groups is 1. The molecule has 0 fully saturated rings. The third kappa shape index (κ3) is 3.80. The molecule has 0 radical (unpaired) electrons. The molecule has 0 saturated heterocycles. The van der Waals surface area contributed by atoms with Gasteiger partial charge in [-0.05, 0) is 17.7 Å².